The molecule has 4 heterocycles. The second kappa shape index (κ2) is 19.6. The largest absolute Gasteiger partial charge is 0.491 e. The summed E-state index contributed by atoms with van der Waals surface area (Å²) in [6.07, 6.45) is 4.96. The number of benzene rings is 2. The molecule has 5 aliphatic rings. The van der Waals surface area contributed by atoms with Crippen LogP contribution in [0.5, 0.6) is 11.5 Å². The van der Waals surface area contributed by atoms with Crippen LogP contribution < -0.4 is 25.0 Å². The van der Waals surface area contributed by atoms with E-state index in [1.807, 2.05) is 29.2 Å². The first-order chi connectivity index (χ1) is 27.9. The number of carbonyl (C=O) groups excluding carboxylic acids is 5. The molecule has 5 amide bonds. The average Bonchev–Trinajstić information content (AvgIpc) is 3.76. The summed E-state index contributed by atoms with van der Waals surface area (Å²) >= 11 is 1.54. The summed E-state index contributed by atoms with van der Waals surface area (Å²) in [5, 5.41) is 6.64. The molecule has 1 aliphatic carbocycles. The number of piperidine rings is 1. The van der Waals surface area contributed by atoms with Crippen molar-refractivity contribution >= 4 is 52.2 Å². The molecular formula is C40H50N6O10S. The maximum Gasteiger partial charge on any atom is 0.266 e. The molecule has 3 atom stereocenters. The lowest BCUT2D eigenvalue weighted by atomic mass is 9.92. The minimum absolute atomic E-state index is 0.0508. The van der Waals surface area contributed by atoms with Gasteiger partial charge in [-0.15, -0.1) is 0 Å². The Kier molecular flexibility index (Phi) is 13.9. The molecular weight excluding hydrogens is 757 g/mol. The highest BCUT2D eigenvalue weighted by Gasteiger charge is 2.46. The fraction of sp³-hybridized carbons (Fsp3) is 0.550. The van der Waals surface area contributed by atoms with E-state index in [1.54, 1.807) is 23.9 Å². The predicted molar refractivity (Wildman–Crippen MR) is 211 cm³/mol. The number of thioether (sulfide) groups is 1. The van der Waals surface area contributed by atoms with E-state index in [4.69, 9.17) is 28.7 Å². The number of aliphatic imine (C=N–C) groups is 1. The van der Waals surface area contributed by atoms with Crippen molar-refractivity contribution in [1.82, 2.24) is 20.4 Å². The van der Waals surface area contributed by atoms with Crippen molar-refractivity contribution < 1.29 is 47.7 Å². The number of nitrogens with zero attached hydrogens (tertiary/aromatic N) is 4. The number of ether oxygens (including phenoxy) is 5. The number of carbonyl (C=O) groups is 5. The molecule has 306 valence electrons. The average molecular weight is 807 g/mol. The van der Waals surface area contributed by atoms with E-state index < -0.39 is 29.7 Å². The quantitative estimate of drug-likeness (QED) is 0.166. The monoisotopic (exact) mass is 806 g/mol. The first kappa shape index (κ1) is 40.5. The second-order valence-electron chi connectivity index (χ2n) is 14.3. The molecule has 0 spiro atoms. The van der Waals surface area contributed by atoms with Gasteiger partial charge in [0, 0.05) is 38.3 Å². The highest BCUT2D eigenvalue weighted by atomic mass is 32.2. The van der Waals surface area contributed by atoms with Crippen molar-refractivity contribution in [2.45, 2.75) is 56.7 Å². The van der Waals surface area contributed by atoms with Gasteiger partial charge in [0.15, 0.2) is 5.17 Å². The zero-order chi connectivity index (χ0) is 39.6. The van der Waals surface area contributed by atoms with Crippen LogP contribution >= 0.6 is 11.8 Å². The van der Waals surface area contributed by atoms with Gasteiger partial charge >= 0.3 is 0 Å². The van der Waals surface area contributed by atoms with Gasteiger partial charge in [0.2, 0.25) is 17.7 Å². The minimum atomic E-state index is -1.04. The first-order valence-corrected chi connectivity index (χ1v) is 20.8. The number of amidine groups is 1. The first-order valence-electron chi connectivity index (χ1n) is 19.8. The molecule has 3 fully saturated rings. The zero-order valence-corrected chi connectivity index (χ0v) is 32.8. The molecule has 1 unspecified atom stereocenters. The predicted octanol–water partition coefficient (Wildman–Crippen LogP) is 2.25. The van der Waals surface area contributed by atoms with Crippen molar-refractivity contribution in [2.75, 3.05) is 89.7 Å². The fourth-order valence-corrected chi connectivity index (χ4v) is 8.51. The third kappa shape index (κ3) is 10.2. The van der Waals surface area contributed by atoms with E-state index in [1.165, 1.54) is 25.3 Å². The van der Waals surface area contributed by atoms with Crippen LogP contribution in [0.2, 0.25) is 0 Å². The van der Waals surface area contributed by atoms with E-state index in [9.17, 15) is 24.0 Å². The van der Waals surface area contributed by atoms with Crippen LogP contribution in [0.3, 0.4) is 0 Å². The number of rotatable bonds is 18. The van der Waals surface area contributed by atoms with E-state index in [0.29, 0.717) is 70.6 Å². The lowest BCUT2D eigenvalue weighted by molar-refractivity contribution is -0.136. The molecule has 2 saturated heterocycles. The standard InChI is InChI=1S/C40H50N6O10S/c47-34-13-12-32(37(49)43-34)46-38(50)29-4-3-7-33(36(29)39(46)51)56-25-23-54-21-19-52-18-20-53-22-24-55-28-10-8-27(9-11-28)44-14-16-45(17-15-44)35(48)26-57-40-41-30-5-1-2-6-31(30)42-40/h3-4,7-11,30-32H,1-2,5-6,12-26H2,(H,41,42)(H,43,47,49)/t30-,31-,32?/m1/s1. The summed E-state index contributed by atoms with van der Waals surface area (Å²) in [5.74, 6) is -0.706. The third-order valence-corrected chi connectivity index (χ3v) is 11.5. The number of hydrogen-bond acceptors (Lipinski definition) is 14. The van der Waals surface area contributed by atoms with Crippen molar-refractivity contribution in [3.05, 3.63) is 53.6 Å². The van der Waals surface area contributed by atoms with Crippen LogP contribution in [0.15, 0.2) is 47.5 Å². The highest BCUT2D eigenvalue weighted by Crippen LogP contribution is 2.34. The summed E-state index contributed by atoms with van der Waals surface area (Å²) in [5.41, 5.74) is 1.37. The summed E-state index contributed by atoms with van der Waals surface area (Å²) in [7, 11) is 0. The van der Waals surface area contributed by atoms with Gasteiger partial charge in [-0.25, -0.2) is 0 Å². The van der Waals surface area contributed by atoms with Crippen LogP contribution in [0.4, 0.5) is 5.69 Å². The Bertz CT molecular complexity index is 1800. The molecule has 2 N–H and O–H groups in total. The summed E-state index contributed by atoms with van der Waals surface area (Å²) < 4.78 is 28.4. The van der Waals surface area contributed by atoms with Crippen LogP contribution in [0.25, 0.3) is 0 Å². The van der Waals surface area contributed by atoms with Crippen molar-refractivity contribution in [2.24, 2.45) is 4.99 Å². The van der Waals surface area contributed by atoms with Crippen molar-refractivity contribution in [1.29, 1.82) is 0 Å². The lowest BCUT2D eigenvalue weighted by Gasteiger charge is -2.36. The zero-order valence-electron chi connectivity index (χ0n) is 32.0. The van der Waals surface area contributed by atoms with E-state index in [2.05, 4.69) is 15.5 Å². The smallest absolute Gasteiger partial charge is 0.266 e. The maximum atomic E-state index is 13.2. The van der Waals surface area contributed by atoms with Crippen molar-refractivity contribution in [3.8, 4) is 11.5 Å². The molecule has 57 heavy (non-hydrogen) atoms. The Hall–Kier alpha value is -4.71. The van der Waals surface area contributed by atoms with E-state index >= 15 is 0 Å². The van der Waals surface area contributed by atoms with Gasteiger partial charge < -0.3 is 38.8 Å². The molecule has 0 bridgehead atoms. The number of hydrogen-bond donors (Lipinski definition) is 2. The topological polar surface area (TPSA) is 178 Å². The molecule has 1 saturated carbocycles. The van der Waals surface area contributed by atoms with Gasteiger partial charge in [-0.2, -0.15) is 0 Å². The van der Waals surface area contributed by atoms with Gasteiger partial charge in [0.1, 0.15) is 30.8 Å². The van der Waals surface area contributed by atoms with E-state index in [0.717, 1.165) is 41.0 Å². The minimum Gasteiger partial charge on any atom is -0.491 e. The Labute approximate surface area is 335 Å². The molecule has 16 nitrogen and oxygen atoms in total. The Morgan fingerprint density at radius 2 is 1.46 bits per heavy atom. The molecule has 17 heteroatoms. The lowest BCUT2D eigenvalue weighted by Crippen LogP contribution is -2.54. The molecule has 0 aromatic heterocycles. The normalized spacial score (nSPS) is 21.9. The number of amides is 5. The number of imide groups is 2. The summed E-state index contributed by atoms with van der Waals surface area (Å²) in [6, 6.07) is 12.5. The Balaban J connectivity index is 0.692. The third-order valence-electron chi connectivity index (χ3n) is 10.6. The van der Waals surface area contributed by atoms with Crippen LogP contribution in [-0.2, 0) is 28.6 Å². The van der Waals surface area contributed by atoms with Crippen LogP contribution in [-0.4, -0.2) is 147 Å². The van der Waals surface area contributed by atoms with E-state index in [-0.39, 0.29) is 48.8 Å². The molecule has 0 radical (unpaired) electrons. The van der Waals surface area contributed by atoms with Crippen LogP contribution in [0, 0.1) is 0 Å². The summed E-state index contributed by atoms with van der Waals surface area (Å²) in [6.45, 7) is 5.67. The van der Waals surface area contributed by atoms with Gasteiger partial charge in [0.25, 0.3) is 11.8 Å². The van der Waals surface area contributed by atoms with Gasteiger partial charge in [-0.1, -0.05) is 30.7 Å². The molecule has 4 aliphatic heterocycles. The molecule has 7 rings (SSSR count). The summed E-state index contributed by atoms with van der Waals surface area (Å²) in [4.78, 5) is 72.8. The fourth-order valence-electron chi connectivity index (χ4n) is 7.62. The van der Waals surface area contributed by atoms with Gasteiger partial charge in [-0.05, 0) is 55.7 Å². The van der Waals surface area contributed by atoms with Gasteiger partial charge in [0.05, 0.1) is 68.6 Å². The van der Waals surface area contributed by atoms with Crippen LogP contribution in [0.1, 0.15) is 59.2 Å². The molecule has 2 aromatic carbocycles. The Morgan fingerprint density at radius 1 is 0.772 bits per heavy atom. The number of nitrogens with one attached hydrogen (secondary N) is 2. The SMILES string of the molecule is O=C1CCC(N2C(=O)c3cccc(OCCOCCOCCOCCOc4ccc(N5CCN(C(=O)CSC6=N[C@@H]7CCCC[C@H]7N6)CC5)cc4)c3C2=O)C(=O)N1. The molecule has 2 aromatic rings. The second-order valence-corrected chi connectivity index (χ2v) is 15.3. The number of fused-ring (bicyclic) bond motifs is 2. The van der Waals surface area contributed by atoms with Crippen molar-refractivity contribution in [3.63, 3.8) is 0 Å². The highest BCUT2D eigenvalue weighted by molar-refractivity contribution is 8.14. The van der Waals surface area contributed by atoms with Gasteiger partial charge in [-0.3, -0.25) is 39.2 Å². The Morgan fingerprint density at radius 3 is 2.16 bits per heavy atom. The number of piperazine rings is 1. The maximum absolute atomic E-state index is 13.2. The number of anilines is 1.